The number of nitrogens with zero attached hydrogens (tertiary/aromatic N) is 1. The molecule has 2 unspecified atom stereocenters. The summed E-state index contributed by atoms with van der Waals surface area (Å²) in [6, 6.07) is 1.41. The van der Waals surface area contributed by atoms with Gasteiger partial charge in [0.15, 0.2) is 0 Å². The zero-order valence-electron chi connectivity index (χ0n) is 11.3. The van der Waals surface area contributed by atoms with Crippen LogP contribution in [0.25, 0.3) is 0 Å². The predicted molar refractivity (Wildman–Crippen MR) is 75.3 cm³/mol. The minimum Gasteiger partial charge on any atom is -0.312 e. The van der Waals surface area contributed by atoms with E-state index < -0.39 is 0 Å². The van der Waals surface area contributed by atoms with E-state index in [1.54, 1.807) is 0 Å². The Balaban J connectivity index is 2.50. The first-order chi connectivity index (χ1) is 7.65. The summed E-state index contributed by atoms with van der Waals surface area (Å²) in [6.45, 7) is 9.32. The third-order valence-corrected chi connectivity index (χ3v) is 4.34. The molecule has 0 spiro atoms. The van der Waals surface area contributed by atoms with Gasteiger partial charge in [0.2, 0.25) is 0 Å². The highest BCUT2D eigenvalue weighted by Crippen LogP contribution is 2.21. The Hall–Kier alpha value is 0.270. The van der Waals surface area contributed by atoms with Gasteiger partial charge in [0.1, 0.15) is 0 Å². The van der Waals surface area contributed by atoms with E-state index in [2.05, 4.69) is 49.8 Å². The molecule has 0 aromatic carbocycles. The van der Waals surface area contributed by atoms with Crippen LogP contribution in [-0.2, 0) is 0 Å². The van der Waals surface area contributed by atoms with Crippen LogP contribution in [0.3, 0.4) is 0 Å². The topological polar surface area (TPSA) is 15.3 Å². The molecular weight excluding hydrogens is 216 g/mol. The van der Waals surface area contributed by atoms with Gasteiger partial charge in [-0.2, -0.15) is 11.8 Å². The Bertz CT molecular complexity index is 185. The average molecular weight is 244 g/mol. The summed E-state index contributed by atoms with van der Waals surface area (Å²) in [7, 11) is 2.28. The van der Waals surface area contributed by atoms with Crippen LogP contribution in [0.15, 0.2) is 0 Å². The molecule has 1 N–H and O–H groups in total. The summed E-state index contributed by atoms with van der Waals surface area (Å²) in [5, 5.41) is 3.75. The maximum absolute atomic E-state index is 3.75. The van der Waals surface area contributed by atoms with Gasteiger partial charge in [-0.3, -0.25) is 0 Å². The fraction of sp³-hybridized carbons (Fsp3) is 1.00. The summed E-state index contributed by atoms with van der Waals surface area (Å²) >= 11 is 2.11. The second-order valence-electron chi connectivity index (χ2n) is 5.31. The normalized spacial score (nSPS) is 24.9. The minimum atomic E-state index is 0.678. The van der Waals surface area contributed by atoms with Crippen molar-refractivity contribution in [1.29, 1.82) is 0 Å². The lowest BCUT2D eigenvalue weighted by molar-refractivity contribution is 0.198. The van der Waals surface area contributed by atoms with E-state index in [1.165, 1.54) is 30.9 Å². The van der Waals surface area contributed by atoms with Gasteiger partial charge in [-0.25, -0.2) is 0 Å². The lowest BCUT2D eigenvalue weighted by Crippen LogP contribution is -2.53. The number of hydrogen-bond acceptors (Lipinski definition) is 3. The van der Waals surface area contributed by atoms with Gasteiger partial charge in [0, 0.05) is 30.1 Å². The van der Waals surface area contributed by atoms with Gasteiger partial charge in [-0.05, 0) is 32.4 Å². The first-order valence-electron chi connectivity index (χ1n) is 6.66. The fourth-order valence-electron chi connectivity index (χ4n) is 2.34. The number of nitrogens with one attached hydrogen (secondary N) is 1. The Morgan fingerprint density at radius 1 is 1.44 bits per heavy atom. The molecule has 16 heavy (non-hydrogen) atoms. The summed E-state index contributed by atoms with van der Waals surface area (Å²) in [5.41, 5.74) is 0. The van der Waals surface area contributed by atoms with Crippen molar-refractivity contribution in [3.63, 3.8) is 0 Å². The molecule has 1 fully saturated rings. The van der Waals surface area contributed by atoms with E-state index in [-0.39, 0.29) is 0 Å². The summed E-state index contributed by atoms with van der Waals surface area (Å²) in [4.78, 5) is 2.55. The highest BCUT2D eigenvalue weighted by molar-refractivity contribution is 7.99. The minimum absolute atomic E-state index is 0.678. The third kappa shape index (κ3) is 4.64. The van der Waals surface area contributed by atoms with E-state index in [1.807, 2.05) is 0 Å². The Morgan fingerprint density at radius 3 is 2.75 bits per heavy atom. The largest absolute Gasteiger partial charge is 0.312 e. The third-order valence-electron chi connectivity index (χ3n) is 3.29. The molecule has 1 heterocycles. The monoisotopic (exact) mass is 244 g/mol. The van der Waals surface area contributed by atoms with Crippen LogP contribution in [0.2, 0.25) is 0 Å². The highest BCUT2D eigenvalue weighted by Gasteiger charge is 2.27. The number of likely N-dealkylation sites (N-methyl/N-ethyl adjacent to an activating group) is 1. The van der Waals surface area contributed by atoms with Crippen LogP contribution in [0, 0.1) is 5.92 Å². The van der Waals surface area contributed by atoms with E-state index in [4.69, 9.17) is 0 Å². The molecule has 3 heteroatoms. The lowest BCUT2D eigenvalue weighted by atomic mass is 9.97. The maximum atomic E-state index is 3.75. The van der Waals surface area contributed by atoms with Crippen molar-refractivity contribution in [2.75, 3.05) is 31.6 Å². The summed E-state index contributed by atoms with van der Waals surface area (Å²) in [6.07, 6.45) is 2.54. The van der Waals surface area contributed by atoms with Crippen molar-refractivity contribution >= 4 is 11.8 Å². The standard InChI is InChI=1S/C13H28N2S/c1-5-6-14-12(9-11(2)3)13-10-16-8-7-15(13)4/h11-14H,5-10H2,1-4H3. The Labute approximate surface area is 106 Å². The second kappa shape index (κ2) is 7.57. The first-order valence-corrected chi connectivity index (χ1v) is 7.82. The van der Waals surface area contributed by atoms with Crippen LogP contribution < -0.4 is 5.32 Å². The molecule has 0 radical (unpaired) electrons. The summed E-state index contributed by atoms with van der Waals surface area (Å²) < 4.78 is 0. The smallest absolute Gasteiger partial charge is 0.0337 e. The zero-order valence-corrected chi connectivity index (χ0v) is 12.1. The number of thioether (sulfide) groups is 1. The molecule has 0 aliphatic carbocycles. The molecule has 1 aliphatic heterocycles. The average Bonchev–Trinajstić information content (AvgIpc) is 2.24. The van der Waals surface area contributed by atoms with Gasteiger partial charge in [0.05, 0.1) is 0 Å². The van der Waals surface area contributed by atoms with Crippen molar-refractivity contribution in [3.05, 3.63) is 0 Å². The van der Waals surface area contributed by atoms with Crippen LogP contribution >= 0.6 is 11.8 Å². The summed E-state index contributed by atoms with van der Waals surface area (Å²) in [5.74, 6) is 3.38. The van der Waals surface area contributed by atoms with Crippen molar-refractivity contribution in [1.82, 2.24) is 10.2 Å². The highest BCUT2D eigenvalue weighted by atomic mass is 32.2. The lowest BCUT2D eigenvalue weighted by Gasteiger charge is -2.39. The molecule has 0 aromatic rings. The SMILES string of the molecule is CCCNC(CC(C)C)C1CSCCN1C. The molecule has 0 saturated carbocycles. The number of hydrogen-bond donors (Lipinski definition) is 1. The number of rotatable bonds is 6. The molecule has 0 aromatic heterocycles. The Morgan fingerprint density at radius 2 is 2.19 bits per heavy atom. The van der Waals surface area contributed by atoms with Gasteiger partial charge in [0.25, 0.3) is 0 Å². The van der Waals surface area contributed by atoms with Crippen LogP contribution in [-0.4, -0.2) is 48.6 Å². The van der Waals surface area contributed by atoms with Crippen molar-refractivity contribution in [3.8, 4) is 0 Å². The second-order valence-corrected chi connectivity index (χ2v) is 6.46. The Kier molecular flexibility index (Phi) is 6.78. The molecule has 1 saturated heterocycles. The molecule has 0 bridgehead atoms. The first kappa shape index (κ1) is 14.3. The van der Waals surface area contributed by atoms with E-state index in [9.17, 15) is 0 Å². The quantitative estimate of drug-likeness (QED) is 0.772. The van der Waals surface area contributed by atoms with Gasteiger partial charge in [-0.1, -0.05) is 20.8 Å². The van der Waals surface area contributed by atoms with E-state index >= 15 is 0 Å². The van der Waals surface area contributed by atoms with Crippen LogP contribution in [0.5, 0.6) is 0 Å². The van der Waals surface area contributed by atoms with Gasteiger partial charge >= 0.3 is 0 Å². The molecule has 2 nitrogen and oxygen atoms in total. The molecule has 1 aliphatic rings. The van der Waals surface area contributed by atoms with Gasteiger partial charge < -0.3 is 10.2 Å². The molecule has 0 amide bonds. The van der Waals surface area contributed by atoms with E-state index in [0.717, 1.165) is 18.5 Å². The van der Waals surface area contributed by atoms with Crippen LogP contribution in [0.4, 0.5) is 0 Å². The van der Waals surface area contributed by atoms with Crippen molar-refractivity contribution in [2.24, 2.45) is 5.92 Å². The van der Waals surface area contributed by atoms with E-state index in [0.29, 0.717) is 6.04 Å². The maximum Gasteiger partial charge on any atom is 0.0337 e. The zero-order chi connectivity index (χ0) is 12.0. The van der Waals surface area contributed by atoms with Crippen molar-refractivity contribution < 1.29 is 0 Å². The molecule has 1 rings (SSSR count). The van der Waals surface area contributed by atoms with Crippen LogP contribution in [0.1, 0.15) is 33.6 Å². The molecular formula is C13H28N2S. The predicted octanol–water partition coefficient (Wildman–Crippen LogP) is 2.45. The molecule has 2 atom stereocenters. The molecule has 96 valence electrons. The fourth-order valence-corrected chi connectivity index (χ4v) is 3.66. The van der Waals surface area contributed by atoms with Gasteiger partial charge in [-0.15, -0.1) is 0 Å². The van der Waals surface area contributed by atoms with Crippen molar-refractivity contribution in [2.45, 2.75) is 45.7 Å².